The van der Waals surface area contributed by atoms with Gasteiger partial charge < -0.3 is 14.9 Å². The Bertz CT molecular complexity index is 700. The molecule has 0 unspecified atom stereocenters. The average molecular weight is 330 g/mol. The van der Waals surface area contributed by atoms with E-state index in [1.54, 1.807) is 50.5 Å². The van der Waals surface area contributed by atoms with Crippen LogP contribution >= 0.6 is 0 Å². The van der Waals surface area contributed by atoms with Crippen molar-refractivity contribution in [1.82, 2.24) is 9.97 Å². The summed E-state index contributed by atoms with van der Waals surface area (Å²) < 4.78 is 5.26. The van der Waals surface area contributed by atoms with Gasteiger partial charge in [-0.2, -0.15) is 0 Å². The first-order chi connectivity index (χ1) is 11.3. The number of ether oxygens (including phenoxy) is 1. The SMILES string of the molecule is CC(C)OC(Cc1ccc(-c2cncnc2)cc1)(C(=O)O)C(=O)O. The van der Waals surface area contributed by atoms with E-state index < -0.39 is 23.6 Å². The van der Waals surface area contributed by atoms with Gasteiger partial charge >= 0.3 is 11.9 Å². The van der Waals surface area contributed by atoms with Crippen molar-refractivity contribution < 1.29 is 24.5 Å². The third kappa shape index (κ3) is 3.75. The maximum absolute atomic E-state index is 11.6. The van der Waals surface area contributed by atoms with Crippen molar-refractivity contribution in [3.63, 3.8) is 0 Å². The lowest BCUT2D eigenvalue weighted by molar-refractivity contribution is -0.188. The fourth-order valence-corrected chi connectivity index (χ4v) is 2.34. The zero-order chi connectivity index (χ0) is 17.7. The Morgan fingerprint density at radius 1 is 1.04 bits per heavy atom. The summed E-state index contributed by atoms with van der Waals surface area (Å²) in [5.74, 6) is -3.05. The smallest absolute Gasteiger partial charge is 0.348 e. The van der Waals surface area contributed by atoms with Gasteiger partial charge in [0.1, 0.15) is 6.33 Å². The van der Waals surface area contributed by atoms with Gasteiger partial charge in [-0.25, -0.2) is 19.6 Å². The van der Waals surface area contributed by atoms with Gasteiger partial charge in [0.2, 0.25) is 0 Å². The van der Waals surface area contributed by atoms with E-state index in [4.69, 9.17) is 4.74 Å². The van der Waals surface area contributed by atoms with Crippen LogP contribution in [-0.4, -0.2) is 43.8 Å². The monoisotopic (exact) mass is 330 g/mol. The summed E-state index contributed by atoms with van der Waals surface area (Å²) in [6, 6.07) is 6.87. The van der Waals surface area contributed by atoms with Crippen LogP contribution in [0.4, 0.5) is 0 Å². The Kier molecular flexibility index (Phi) is 5.25. The van der Waals surface area contributed by atoms with Crippen molar-refractivity contribution in [3.8, 4) is 11.1 Å². The van der Waals surface area contributed by atoms with Crippen molar-refractivity contribution in [3.05, 3.63) is 48.5 Å². The Morgan fingerprint density at radius 3 is 2.04 bits per heavy atom. The molecule has 126 valence electrons. The second kappa shape index (κ2) is 7.18. The predicted molar refractivity (Wildman–Crippen MR) is 85.4 cm³/mol. The predicted octanol–water partition coefficient (Wildman–Crippen LogP) is 2.02. The summed E-state index contributed by atoms with van der Waals surface area (Å²) in [7, 11) is 0. The number of carbonyl (C=O) groups is 2. The lowest BCUT2D eigenvalue weighted by atomic mass is 9.93. The second-order valence-corrected chi connectivity index (χ2v) is 5.60. The maximum Gasteiger partial charge on any atom is 0.348 e. The van der Waals surface area contributed by atoms with Crippen LogP contribution in [0.5, 0.6) is 0 Å². The highest BCUT2D eigenvalue weighted by atomic mass is 16.6. The number of benzene rings is 1. The Balaban J connectivity index is 2.30. The van der Waals surface area contributed by atoms with Crippen molar-refractivity contribution >= 4 is 11.9 Å². The zero-order valence-electron chi connectivity index (χ0n) is 13.3. The molecule has 0 fully saturated rings. The number of hydrogen-bond donors (Lipinski definition) is 2. The summed E-state index contributed by atoms with van der Waals surface area (Å²) >= 11 is 0. The van der Waals surface area contributed by atoms with Crippen LogP contribution in [0.2, 0.25) is 0 Å². The molecule has 2 N–H and O–H groups in total. The molecule has 0 bridgehead atoms. The summed E-state index contributed by atoms with van der Waals surface area (Å²) in [5, 5.41) is 18.8. The molecule has 2 rings (SSSR count). The van der Waals surface area contributed by atoms with Crippen LogP contribution in [0.1, 0.15) is 19.4 Å². The van der Waals surface area contributed by atoms with Crippen molar-refractivity contribution in [2.24, 2.45) is 0 Å². The summed E-state index contributed by atoms with van der Waals surface area (Å²) in [6.45, 7) is 3.19. The van der Waals surface area contributed by atoms with E-state index in [0.717, 1.165) is 11.1 Å². The number of carboxylic acid groups (broad SMARTS) is 2. The minimum Gasteiger partial charge on any atom is -0.479 e. The minimum absolute atomic E-state index is 0.276. The molecule has 24 heavy (non-hydrogen) atoms. The fraction of sp³-hybridized carbons (Fsp3) is 0.294. The highest BCUT2D eigenvalue weighted by Gasteiger charge is 2.49. The van der Waals surface area contributed by atoms with Crippen molar-refractivity contribution in [2.45, 2.75) is 32.0 Å². The average Bonchev–Trinajstić information content (AvgIpc) is 2.55. The lowest BCUT2D eigenvalue weighted by Gasteiger charge is -2.27. The van der Waals surface area contributed by atoms with Gasteiger partial charge in [-0.05, 0) is 25.0 Å². The van der Waals surface area contributed by atoms with Crippen LogP contribution in [0, 0.1) is 0 Å². The van der Waals surface area contributed by atoms with Gasteiger partial charge in [0.05, 0.1) is 6.10 Å². The molecular weight excluding hydrogens is 312 g/mol. The van der Waals surface area contributed by atoms with Gasteiger partial charge in [0.15, 0.2) is 0 Å². The molecule has 0 aliphatic carbocycles. The molecule has 7 nitrogen and oxygen atoms in total. The number of carboxylic acids is 2. The van der Waals surface area contributed by atoms with Gasteiger partial charge in [-0.3, -0.25) is 0 Å². The topological polar surface area (TPSA) is 110 Å². The minimum atomic E-state index is -2.31. The highest BCUT2D eigenvalue weighted by Crippen LogP contribution is 2.24. The molecule has 0 radical (unpaired) electrons. The molecule has 0 amide bonds. The zero-order valence-corrected chi connectivity index (χ0v) is 13.3. The first kappa shape index (κ1) is 17.6. The molecule has 1 aromatic carbocycles. The van der Waals surface area contributed by atoms with Gasteiger partial charge in [-0.15, -0.1) is 0 Å². The van der Waals surface area contributed by atoms with Crippen molar-refractivity contribution in [1.29, 1.82) is 0 Å². The van der Waals surface area contributed by atoms with E-state index in [9.17, 15) is 19.8 Å². The highest BCUT2D eigenvalue weighted by molar-refractivity contribution is 6.02. The molecule has 0 aliphatic heterocycles. The number of hydrogen-bond acceptors (Lipinski definition) is 5. The summed E-state index contributed by atoms with van der Waals surface area (Å²) in [6.07, 6.45) is 3.92. The third-order valence-corrected chi connectivity index (χ3v) is 3.43. The molecular formula is C17H18N2O5. The van der Waals surface area contributed by atoms with Crippen LogP contribution in [-0.2, 0) is 20.7 Å². The van der Waals surface area contributed by atoms with E-state index in [2.05, 4.69) is 9.97 Å². The standard InChI is InChI=1S/C17H18N2O5/c1-11(2)24-17(15(20)21,16(22)23)7-12-3-5-13(6-4-12)14-8-18-10-19-9-14/h3-6,8-11H,7H2,1-2H3,(H,20,21)(H,22,23). The van der Waals surface area contributed by atoms with Gasteiger partial charge in [0, 0.05) is 24.4 Å². The quantitative estimate of drug-likeness (QED) is 0.747. The summed E-state index contributed by atoms with van der Waals surface area (Å²) in [5.41, 5.74) is -0.113. The van der Waals surface area contributed by atoms with Crippen LogP contribution in [0.25, 0.3) is 11.1 Å². The first-order valence-corrected chi connectivity index (χ1v) is 7.34. The Labute approximate surface area is 139 Å². The molecule has 0 aliphatic rings. The summed E-state index contributed by atoms with van der Waals surface area (Å²) in [4.78, 5) is 31.0. The van der Waals surface area contributed by atoms with Crippen LogP contribution in [0.3, 0.4) is 0 Å². The molecule has 0 spiro atoms. The Hall–Kier alpha value is -2.80. The normalized spacial score (nSPS) is 11.5. The van der Waals surface area contributed by atoms with E-state index in [-0.39, 0.29) is 6.42 Å². The number of aromatic nitrogens is 2. The Morgan fingerprint density at radius 2 is 1.58 bits per heavy atom. The fourth-order valence-electron chi connectivity index (χ4n) is 2.34. The largest absolute Gasteiger partial charge is 0.479 e. The maximum atomic E-state index is 11.6. The van der Waals surface area contributed by atoms with E-state index in [1.807, 2.05) is 0 Å². The van der Waals surface area contributed by atoms with E-state index >= 15 is 0 Å². The molecule has 1 aromatic heterocycles. The molecule has 1 heterocycles. The molecule has 2 aromatic rings. The molecule has 7 heteroatoms. The molecule has 0 saturated carbocycles. The molecule has 0 atom stereocenters. The van der Waals surface area contributed by atoms with Crippen LogP contribution in [0.15, 0.2) is 43.0 Å². The van der Waals surface area contributed by atoms with Crippen molar-refractivity contribution in [2.75, 3.05) is 0 Å². The van der Waals surface area contributed by atoms with E-state index in [0.29, 0.717) is 5.56 Å². The van der Waals surface area contributed by atoms with E-state index in [1.165, 1.54) is 6.33 Å². The first-order valence-electron chi connectivity index (χ1n) is 7.34. The lowest BCUT2D eigenvalue weighted by Crippen LogP contribution is -2.52. The third-order valence-electron chi connectivity index (χ3n) is 3.43. The number of nitrogens with zero attached hydrogens (tertiary/aromatic N) is 2. The van der Waals surface area contributed by atoms with Crippen LogP contribution < -0.4 is 0 Å². The number of aliphatic carboxylic acids is 2. The number of rotatable bonds is 7. The second-order valence-electron chi connectivity index (χ2n) is 5.60. The van der Waals surface area contributed by atoms with Gasteiger partial charge in [0.25, 0.3) is 5.60 Å². The molecule has 0 saturated heterocycles. The van der Waals surface area contributed by atoms with Gasteiger partial charge in [-0.1, -0.05) is 24.3 Å².